The van der Waals surface area contributed by atoms with E-state index in [9.17, 15) is 4.79 Å². The van der Waals surface area contributed by atoms with Crippen molar-refractivity contribution in [1.29, 1.82) is 0 Å². The molecule has 0 aliphatic carbocycles. The lowest BCUT2D eigenvalue weighted by Gasteiger charge is -2.22. The summed E-state index contributed by atoms with van der Waals surface area (Å²) in [6, 6.07) is 15.9. The number of rotatable bonds is 4. The molecule has 1 amide bonds. The summed E-state index contributed by atoms with van der Waals surface area (Å²) >= 11 is 2.94. The third-order valence-electron chi connectivity index (χ3n) is 3.27. The molecule has 0 radical (unpaired) electrons. The summed E-state index contributed by atoms with van der Waals surface area (Å²) in [6.07, 6.45) is -0.462. The molecule has 5 heteroatoms. The Morgan fingerprint density at radius 1 is 1.17 bits per heavy atom. The molecule has 1 N–H and O–H groups in total. The van der Waals surface area contributed by atoms with E-state index in [1.807, 2.05) is 50.1 Å². The number of benzene rings is 2. The molecular formula is C18H23BrN2O2. The number of hydrogen-bond donors (Lipinski definition) is 1. The highest BCUT2D eigenvalue weighted by molar-refractivity contribution is 9.08. The minimum atomic E-state index is -0.462. The van der Waals surface area contributed by atoms with Gasteiger partial charge in [0.1, 0.15) is 5.75 Å². The van der Waals surface area contributed by atoms with E-state index in [4.69, 9.17) is 4.74 Å². The van der Waals surface area contributed by atoms with Gasteiger partial charge < -0.3 is 15.0 Å². The molecule has 0 heterocycles. The molecule has 0 unspecified atom stereocenters. The van der Waals surface area contributed by atoms with Crippen molar-refractivity contribution in [3.8, 4) is 5.75 Å². The van der Waals surface area contributed by atoms with Crippen molar-refractivity contribution < 1.29 is 9.53 Å². The molecule has 4 nitrogen and oxygen atoms in total. The van der Waals surface area contributed by atoms with Gasteiger partial charge in [0.2, 0.25) is 0 Å². The molecule has 0 aliphatic heterocycles. The van der Waals surface area contributed by atoms with E-state index in [1.165, 1.54) is 5.56 Å². The number of nitrogens with zero attached hydrogens (tertiary/aromatic N) is 1. The van der Waals surface area contributed by atoms with Gasteiger partial charge >= 0.3 is 6.09 Å². The Hall–Kier alpha value is -2.01. The van der Waals surface area contributed by atoms with Crippen molar-refractivity contribution in [2.75, 3.05) is 24.8 Å². The Bertz CT molecular complexity index is 618. The van der Waals surface area contributed by atoms with E-state index < -0.39 is 6.09 Å². The fraction of sp³-hybridized carbons (Fsp3) is 0.278. The molecule has 0 saturated heterocycles. The van der Waals surface area contributed by atoms with E-state index in [2.05, 4.69) is 38.3 Å². The minimum Gasteiger partial charge on any atom is -0.410 e. The topological polar surface area (TPSA) is 41.6 Å². The van der Waals surface area contributed by atoms with Gasteiger partial charge in [-0.1, -0.05) is 52.3 Å². The van der Waals surface area contributed by atoms with Crippen LogP contribution in [0.25, 0.3) is 0 Å². The third-order valence-corrected chi connectivity index (χ3v) is 3.27. The molecule has 0 fully saturated rings. The van der Waals surface area contributed by atoms with Crippen LogP contribution in [0.15, 0.2) is 48.5 Å². The van der Waals surface area contributed by atoms with E-state index in [0.29, 0.717) is 5.75 Å². The van der Waals surface area contributed by atoms with Crippen LogP contribution in [0, 0.1) is 6.92 Å². The summed E-state index contributed by atoms with van der Waals surface area (Å²) in [5, 5.41) is 2.44. The Morgan fingerprint density at radius 2 is 1.83 bits per heavy atom. The van der Waals surface area contributed by atoms with Crippen molar-refractivity contribution in [1.82, 2.24) is 5.32 Å². The molecule has 2 aromatic rings. The fourth-order valence-electron chi connectivity index (χ4n) is 2.16. The van der Waals surface area contributed by atoms with Crippen LogP contribution in [0.4, 0.5) is 10.5 Å². The van der Waals surface area contributed by atoms with Crippen molar-refractivity contribution in [3.05, 3.63) is 59.7 Å². The number of amides is 1. The second-order valence-electron chi connectivity index (χ2n) is 4.93. The van der Waals surface area contributed by atoms with Crippen LogP contribution in [0.3, 0.4) is 0 Å². The van der Waals surface area contributed by atoms with Gasteiger partial charge in [-0.2, -0.15) is 0 Å². The molecule has 0 spiro atoms. The summed E-state index contributed by atoms with van der Waals surface area (Å²) in [4.78, 5) is 13.4. The van der Waals surface area contributed by atoms with Crippen LogP contribution >= 0.6 is 15.9 Å². The highest BCUT2D eigenvalue weighted by Crippen LogP contribution is 2.26. The maximum Gasteiger partial charge on any atom is 0.412 e. The number of nitrogens with one attached hydrogen (secondary N) is 1. The van der Waals surface area contributed by atoms with Gasteiger partial charge in [0.15, 0.2) is 0 Å². The third kappa shape index (κ3) is 5.94. The summed E-state index contributed by atoms with van der Waals surface area (Å²) < 4.78 is 5.18. The van der Waals surface area contributed by atoms with Crippen LogP contribution < -0.4 is 15.0 Å². The fourth-order valence-corrected chi connectivity index (χ4v) is 2.16. The number of anilines is 1. The second kappa shape index (κ2) is 9.90. The molecule has 23 heavy (non-hydrogen) atoms. The predicted molar refractivity (Wildman–Crippen MR) is 99.7 cm³/mol. The number of alkyl halides is 1. The molecule has 0 atom stereocenters. The zero-order valence-corrected chi connectivity index (χ0v) is 15.6. The van der Waals surface area contributed by atoms with Gasteiger partial charge in [0.05, 0.1) is 0 Å². The summed E-state index contributed by atoms with van der Waals surface area (Å²) in [5.41, 5.74) is 3.41. The van der Waals surface area contributed by atoms with Gasteiger partial charge in [0.25, 0.3) is 0 Å². The van der Waals surface area contributed by atoms with Gasteiger partial charge in [-0.05, 0) is 30.0 Å². The maximum atomic E-state index is 11.3. The standard InChI is InChI=1S/C17H20N2O2.CH3Br/c1-13-9-10-15(21-17(20)18-2)11-16(13)19(3)12-14-7-5-4-6-8-14;1-2/h4-11H,12H2,1-3H3,(H,18,20);1H3. The van der Waals surface area contributed by atoms with Crippen LogP contribution in [-0.2, 0) is 6.54 Å². The number of ether oxygens (including phenoxy) is 1. The number of halogens is 1. The molecular weight excluding hydrogens is 356 g/mol. The van der Waals surface area contributed by atoms with Crippen LogP contribution in [0.5, 0.6) is 5.75 Å². The van der Waals surface area contributed by atoms with Crippen LogP contribution in [0.1, 0.15) is 11.1 Å². The Morgan fingerprint density at radius 3 is 2.43 bits per heavy atom. The predicted octanol–water partition coefficient (Wildman–Crippen LogP) is 4.36. The first-order chi connectivity index (χ1) is 11.1. The largest absolute Gasteiger partial charge is 0.412 e. The first kappa shape index (κ1) is 19.0. The second-order valence-corrected chi connectivity index (χ2v) is 4.93. The molecule has 2 rings (SSSR count). The van der Waals surface area contributed by atoms with Gasteiger partial charge in [-0.25, -0.2) is 4.79 Å². The van der Waals surface area contributed by atoms with Crippen molar-refractivity contribution in [3.63, 3.8) is 0 Å². The Labute approximate surface area is 146 Å². The monoisotopic (exact) mass is 378 g/mol. The molecule has 0 bridgehead atoms. The number of aryl methyl sites for hydroxylation is 1. The van der Waals surface area contributed by atoms with E-state index in [-0.39, 0.29) is 0 Å². The average molecular weight is 379 g/mol. The number of carbonyl (C=O) groups excluding carboxylic acids is 1. The van der Waals surface area contributed by atoms with Crippen molar-refractivity contribution in [2.24, 2.45) is 0 Å². The maximum absolute atomic E-state index is 11.3. The summed E-state index contributed by atoms with van der Waals surface area (Å²) in [6.45, 7) is 2.84. The van der Waals surface area contributed by atoms with Gasteiger partial charge in [0, 0.05) is 32.4 Å². The lowest BCUT2D eigenvalue weighted by atomic mass is 10.1. The van der Waals surface area contributed by atoms with Crippen LogP contribution in [0.2, 0.25) is 0 Å². The molecule has 124 valence electrons. The van der Waals surface area contributed by atoms with Crippen LogP contribution in [-0.4, -0.2) is 26.0 Å². The minimum absolute atomic E-state index is 0.462. The highest BCUT2D eigenvalue weighted by atomic mass is 79.9. The molecule has 2 aromatic carbocycles. The van der Waals surface area contributed by atoms with E-state index >= 15 is 0 Å². The van der Waals surface area contributed by atoms with Gasteiger partial charge in [-0.3, -0.25) is 0 Å². The van der Waals surface area contributed by atoms with Gasteiger partial charge in [-0.15, -0.1) is 0 Å². The van der Waals surface area contributed by atoms with E-state index in [1.54, 1.807) is 13.1 Å². The number of carbonyl (C=O) groups is 1. The lowest BCUT2D eigenvalue weighted by molar-refractivity contribution is 0.203. The average Bonchev–Trinajstić information content (AvgIpc) is 2.59. The zero-order valence-electron chi connectivity index (χ0n) is 14.0. The summed E-state index contributed by atoms with van der Waals surface area (Å²) in [7, 11) is 3.57. The number of hydrogen-bond acceptors (Lipinski definition) is 3. The molecule has 0 aliphatic rings. The molecule has 0 aromatic heterocycles. The smallest absolute Gasteiger partial charge is 0.410 e. The first-order valence-electron chi connectivity index (χ1n) is 7.23. The van der Waals surface area contributed by atoms with Crippen molar-refractivity contribution in [2.45, 2.75) is 13.5 Å². The highest BCUT2D eigenvalue weighted by Gasteiger charge is 2.09. The lowest BCUT2D eigenvalue weighted by Crippen LogP contribution is -2.22. The Kier molecular flexibility index (Phi) is 8.19. The summed E-state index contributed by atoms with van der Waals surface area (Å²) in [5.74, 6) is 2.35. The first-order valence-corrected chi connectivity index (χ1v) is 8.82. The zero-order chi connectivity index (χ0) is 17.2. The SMILES string of the molecule is CBr.CNC(=O)Oc1ccc(C)c(N(C)Cc2ccccc2)c1. The van der Waals surface area contributed by atoms with E-state index in [0.717, 1.165) is 17.8 Å². The normalized spacial score (nSPS) is 9.43. The quantitative estimate of drug-likeness (QED) is 0.803. The van der Waals surface area contributed by atoms with Crippen molar-refractivity contribution >= 4 is 27.7 Å². The molecule has 0 saturated carbocycles. The Balaban J connectivity index is 0.00000127.